The Balaban J connectivity index is 0.00000392. The minimum absolute atomic E-state index is 0. The lowest BCUT2D eigenvalue weighted by atomic mass is 10.1. The number of methoxy groups -OCH3 is 1. The maximum Gasteiger partial charge on any atom is 0.269 e. The summed E-state index contributed by atoms with van der Waals surface area (Å²) in [7, 11) is 3.38. The number of halogens is 1. The Morgan fingerprint density at radius 3 is 2.25 bits per heavy atom. The first-order valence-electron chi connectivity index (χ1n) is 8.68. The van der Waals surface area contributed by atoms with E-state index in [0.717, 1.165) is 30.4 Å². The van der Waals surface area contributed by atoms with Gasteiger partial charge in [-0.15, -0.1) is 24.0 Å². The van der Waals surface area contributed by atoms with E-state index >= 15 is 0 Å². The van der Waals surface area contributed by atoms with Gasteiger partial charge in [-0.25, -0.2) is 0 Å². The van der Waals surface area contributed by atoms with Crippen molar-refractivity contribution < 1.29 is 9.66 Å². The third-order valence-corrected chi connectivity index (χ3v) is 3.91. The van der Waals surface area contributed by atoms with Crippen LogP contribution < -0.4 is 20.7 Å². The van der Waals surface area contributed by atoms with Crippen molar-refractivity contribution in [2.45, 2.75) is 6.42 Å². The Morgan fingerprint density at radius 2 is 1.68 bits per heavy atom. The van der Waals surface area contributed by atoms with Gasteiger partial charge in [-0.2, -0.15) is 0 Å². The molecule has 2 aromatic rings. The molecule has 3 N–H and O–H groups in total. The molecular weight excluding hydrogens is 473 g/mol. The summed E-state index contributed by atoms with van der Waals surface area (Å²) < 4.78 is 5.15. The second kappa shape index (κ2) is 12.8. The van der Waals surface area contributed by atoms with E-state index < -0.39 is 4.92 Å². The summed E-state index contributed by atoms with van der Waals surface area (Å²) >= 11 is 0. The van der Waals surface area contributed by atoms with Crippen molar-refractivity contribution in [2.24, 2.45) is 4.99 Å². The van der Waals surface area contributed by atoms with Gasteiger partial charge in [0.1, 0.15) is 5.75 Å². The lowest BCUT2D eigenvalue weighted by molar-refractivity contribution is -0.384. The molecule has 9 heteroatoms. The molecule has 0 saturated carbocycles. The van der Waals surface area contributed by atoms with Gasteiger partial charge >= 0.3 is 0 Å². The number of nitro benzene ring substituents is 1. The molecule has 0 radical (unpaired) electrons. The van der Waals surface area contributed by atoms with Gasteiger partial charge in [-0.05, 0) is 36.2 Å². The molecule has 28 heavy (non-hydrogen) atoms. The van der Waals surface area contributed by atoms with Crippen LogP contribution in [-0.4, -0.2) is 44.7 Å². The molecule has 152 valence electrons. The largest absolute Gasteiger partial charge is 0.497 e. The highest BCUT2D eigenvalue weighted by atomic mass is 127. The van der Waals surface area contributed by atoms with Gasteiger partial charge in [0.25, 0.3) is 5.69 Å². The van der Waals surface area contributed by atoms with Crippen molar-refractivity contribution in [3.05, 3.63) is 64.2 Å². The molecule has 0 fully saturated rings. The number of hydrogen-bond donors (Lipinski definition) is 3. The molecule has 0 bridgehead atoms. The van der Waals surface area contributed by atoms with Crippen LogP contribution in [0.3, 0.4) is 0 Å². The normalized spacial score (nSPS) is 10.6. The van der Waals surface area contributed by atoms with Gasteiger partial charge < -0.3 is 20.7 Å². The van der Waals surface area contributed by atoms with E-state index in [-0.39, 0.29) is 29.7 Å². The van der Waals surface area contributed by atoms with Crippen molar-refractivity contribution in [3.63, 3.8) is 0 Å². The first-order valence-corrected chi connectivity index (χ1v) is 8.68. The molecule has 8 nitrogen and oxygen atoms in total. The van der Waals surface area contributed by atoms with E-state index in [1.54, 1.807) is 26.3 Å². The molecule has 0 aliphatic rings. The zero-order valence-electron chi connectivity index (χ0n) is 16.0. The number of guanidine groups is 1. The van der Waals surface area contributed by atoms with E-state index in [1.807, 2.05) is 24.3 Å². The molecule has 0 spiro atoms. The highest BCUT2D eigenvalue weighted by Crippen LogP contribution is 2.15. The molecule has 0 aromatic heterocycles. The van der Waals surface area contributed by atoms with Crippen molar-refractivity contribution in [1.82, 2.24) is 10.6 Å². The number of nitrogens with one attached hydrogen (secondary N) is 3. The van der Waals surface area contributed by atoms with Gasteiger partial charge in [0.2, 0.25) is 0 Å². The zero-order valence-corrected chi connectivity index (χ0v) is 18.3. The average molecular weight is 499 g/mol. The average Bonchev–Trinajstić information content (AvgIpc) is 2.70. The van der Waals surface area contributed by atoms with E-state index in [0.29, 0.717) is 13.1 Å². The van der Waals surface area contributed by atoms with Crippen molar-refractivity contribution in [3.8, 4) is 5.75 Å². The standard InChI is InChI=1S/C19H25N5O3.HI/c1-20-19(22-12-11-15-3-9-18(27-2)10-4-15)23-14-13-21-16-5-7-17(8-6-16)24(25)26;/h3-10,21H,11-14H2,1-2H3,(H2,20,22,23);1H. The van der Waals surface area contributed by atoms with Crippen molar-refractivity contribution >= 4 is 41.3 Å². The van der Waals surface area contributed by atoms with Gasteiger partial charge in [-0.1, -0.05) is 12.1 Å². The third-order valence-electron chi connectivity index (χ3n) is 3.91. The number of non-ortho nitro benzene ring substituents is 1. The number of rotatable bonds is 9. The quantitative estimate of drug-likeness (QED) is 0.123. The fraction of sp³-hybridized carbons (Fsp3) is 0.316. The first kappa shape index (κ1) is 23.5. The Morgan fingerprint density at radius 1 is 1.04 bits per heavy atom. The summed E-state index contributed by atoms with van der Waals surface area (Å²) in [5.41, 5.74) is 2.14. The number of anilines is 1. The fourth-order valence-electron chi connectivity index (χ4n) is 2.43. The SMILES string of the molecule is CN=C(NCCNc1ccc([N+](=O)[O-])cc1)NCCc1ccc(OC)cc1.I. The van der Waals surface area contributed by atoms with Gasteiger partial charge in [0.05, 0.1) is 12.0 Å². The van der Waals surface area contributed by atoms with Crippen molar-refractivity contribution in [2.75, 3.05) is 39.1 Å². The van der Waals surface area contributed by atoms with Gasteiger partial charge in [0, 0.05) is 44.5 Å². The van der Waals surface area contributed by atoms with Crippen molar-refractivity contribution in [1.29, 1.82) is 0 Å². The molecule has 0 saturated heterocycles. The highest BCUT2D eigenvalue weighted by Gasteiger charge is 2.03. The molecule has 2 rings (SSSR count). The number of benzene rings is 2. The summed E-state index contributed by atoms with van der Waals surface area (Å²) in [6.07, 6.45) is 0.881. The lowest BCUT2D eigenvalue weighted by Gasteiger charge is -2.13. The molecule has 0 atom stereocenters. The molecule has 0 unspecified atom stereocenters. The fourth-order valence-corrected chi connectivity index (χ4v) is 2.43. The summed E-state index contributed by atoms with van der Waals surface area (Å²) in [6.45, 7) is 2.10. The van der Waals surface area contributed by atoms with Crippen LogP contribution in [0.25, 0.3) is 0 Å². The van der Waals surface area contributed by atoms with Crippen LogP contribution in [0.4, 0.5) is 11.4 Å². The van der Waals surface area contributed by atoms with E-state index in [9.17, 15) is 10.1 Å². The molecule has 2 aromatic carbocycles. The Labute approximate surface area is 181 Å². The topological polar surface area (TPSA) is 101 Å². The number of nitrogens with zero attached hydrogens (tertiary/aromatic N) is 2. The van der Waals surface area contributed by atoms with E-state index in [4.69, 9.17) is 4.74 Å². The summed E-state index contributed by atoms with van der Waals surface area (Å²) in [6, 6.07) is 14.3. The van der Waals surface area contributed by atoms with E-state index in [1.165, 1.54) is 17.7 Å². The minimum atomic E-state index is -0.410. The first-order chi connectivity index (χ1) is 13.1. The van der Waals surface area contributed by atoms with E-state index in [2.05, 4.69) is 20.9 Å². The smallest absolute Gasteiger partial charge is 0.269 e. The minimum Gasteiger partial charge on any atom is -0.497 e. The van der Waals surface area contributed by atoms with Crippen LogP contribution in [0, 0.1) is 10.1 Å². The maximum atomic E-state index is 10.6. The molecular formula is C19H26IN5O3. The highest BCUT2D eigenvalue weighted by molar-refractivity contribution is 14.0. The summed E-state index contributed by atoms with van der Waals surface area (Å²) in [5, 5.41) is 20.3. The number of aliphatic imine (C=N–C) groups is 1. The zero-order chi connectivity index (χ0) is 19.5. The predicted octanol–water partition coefficient (Wildman–Crippen LogP) is 3.04. The molecule has 0 aliphatic heterocycles. The Bertz CT molecular complexity index is 751. The number of ether oxygens (including phenoxy) is 1. The van der Waals surface area contributed by atoms with Crippen LogP contribution in [0.15, 0.2) is 53.5 Å². The van der Waals surface area contributed by atoms with Crippen LogP contribution in [0.5, 0.6) is 5.75 Å². The third kappa shape index (κ3) is 7.99. The summed E-state index contributed by atoms with van der Waals surface area (Å²) in [4.78, 5) is 14.4. The number of nitro groups is 1. The molecule has 0 amide bonds. The monoisotopic (exact) mass is 499 g/mol. The van der Waals surface area contributed by atoms with Gasteiger partial charge in [0.15, 0.2) is 5.96 Å². The molecule has 0 heterocycles. The van der Waals surface area contributed by atoms with Crippen LogP contribution in [-0.2, 0) is 6.42 Å². The Kier molecular flexibility index (Phi) is 10.7. The van der Waals surface area contributed by atoms with Crippen LogP contribution in [0.1, 0.15) is 5.56 Å². The summed E-state index contributed by atoms with van der Waals surface area (Å²) in [5.74, 6) is 1.58. The van der Waals surface area contributed by atoms with Crippen LogP contribution >= 0.6 is 24.0 Å². The Hall–Kier alpha value is -2.56. The lowest BCUT2D eigenvalue weighted by Crippen LogP contribution is -2.40. The second-order valence-corrected chi connectivity index (χ2v) is 5.75. The maximum absolute atomic E-state index is 10.6. The van der Waals surface area contributed by atoms with Gasteiger partial charge in [-0.3, -0.25) is 15.1 Å². The van der Waals surface area contributed by atoms with Crippen LogP contribution in [0.2, 0.25) is 0 Å². The second-order valence-electron chi connectivity index (χ2n) is 5.75. The predicted molar refractivity (Wildman–Crippen MR) is 123 cm³/mol. The number of hydrogen-bond acceptors (Lipinski definition) is 5. The molecule has 0 aliphatic carbocycles.